The fourth-order valence-corrected chi connectivity index (χ4v) is 2.23. The van der Waals surface area contributed by atoms with Crippen molar-refractivity contribution in [3.8, 4) is 5.88 Å². The average Bonchev–Trinajstić information content (AvgIpc) is 2.89. The van der Waals surface area contributed by atoms with E-state index in [0.717, 1.165) is 5.52 Å². The molecular weight excluding hydrogens is 297 g/mol. The maximum Gasteiger partial charge on any atom is 0.259 e. The van der Waals surface area contributed by atoms with Crippen LogP contribution in [-0.4, -0.2) is 22.0 Å². The largest absolute Gasteiger partial charge is 0.475 e. The molecule has 23 heavy (non-hydrogen) atoms. The molecule has 0 atom stereocenters. The molecule has 0 spiro atoms. The van der Waals surface area contributed by atoms with Crippen LogP contribution in [0.4, 0.5) is 10.1 Å². The first-order valence-corrected chi connectivity index (χ1v) is 7.24. The van der Waals surface area contributed by atoms with Gasteiger partial charge >= 0.3 is 0 Å². The molecule has 2 heterocycles. The number of benzene rings is 1. The van der Waals surface area contributed by atoms with Crippen molar-refractivity contribution in [2.24, 2.45) is 0 Å². The van der Waals surface area contributed by atoms with E-state index in [2.05, 4.69) is 15.3 Å². The first kappa shape index (κ1) is 15.0. The summed E-state index contributed by atoms with van der Waals surface area (Å²) in [5.41, 5.74) is 2.00. The number of H-pyrrole nitrogens is 1. The number of carbonyl (C=O) groups excluding carboxylic acids is 1. The Balaban J connectivity index is 1.90. The van der Waals surface area contributed by atoms with Crippen LogP contribution in [0.15, 0.2) is 42.6 Å². The van der Waals surface area contributed by atoms with E-state index in [1.165, 1.54) is 18.2 Å². The zero-order valence-corrected chi connectivity index (χ0v) is 12.8. The molecule has 0 saturated carbocycles. The summed E-state index contributed by atoms with van der Waals surface area (Å²) >= 11 is 0. The molecular formula is C17H16FN3O2. The van der Waals surface area contributed by atoms with Crippen molar-refractivity contribution in [1.82, 2.24) is 9.97 Å². The van der Waals surface area contributed by atoms with Crippen molar-refractivity contribution in [1.29, 1.82) is 0 Å². The minimum Gasteiger partial charge on any atom is -0.475 e. The number of hydrogen-bond donors (Lipinski definition) is 2. The number of pyridine rings is 1. The van der Waals surface area contributed by atoms with Gasteiger partial charge in [0.15, 0.2) is 0 Å². The van der Waals surface area contributed by atoms with Gasteiger partial charge in [-0.05, 0) is 38.1 Å². The highest BCUT2D eigenvalue weighted by Gasteiger charge is 2.15. The molecule has 0 aliphatic rings. The quantitative estimate of drug-likeness (QED) is 0.771. The maximum atomic E-state index is 13.2. The molecule has 0 unspecified atom stereocenters. The summed E-state index contributed by atoms with van der Waals surface area (Å²) < 4.78 is 18.8. The van der Waals surface area contributed by atoms with Crippen molar-refractivity contribution in [3.05, 3.63) is 54.0 Å². The van der Waals surface area contributed by atoms with Crippen LogP contribution >= 0.6 is 0 Å². The Morgan fingerprint density at radius 2 is 2.13 bits per heavy atom. The fourth-order valence-electron chi connectivity index (χ4n) is 2.23. The van der Waals surface area contributed by atoms with Crippen molar-refractivity contribution in [2.45, 2.75) is 20.0 Å². The molecule has 3 rings (SSSR count). The highest BCUT2D eigenvalue weighted by molar-refractivity contribution is 6.11. The van der Waals surface area contributed by atoms with Crippen molar-refractivity contribution < 1.29 is 13.9 Å². The van der Waals surface area contributed by atoms with Crippen LogP contribution in [0.3, 0.4) is 0 Å². The predicted molar refractivity (Wildman–Crippen MR) is 86.2 cm³/mol. The lowest BCUT2D eigenvalue weighted by atomic mass is 10.2. The Kier molecular flexibility index (Phi) is 3.97. The number of nitrogens with one attached hydrogen (secondary N) is 2. The Morgan fingerprint density at radius 3 is 2.87 bits per heavy atom. The van der Waals surface area contributed by atoms with Gasteiger partial charge in [-0.1, -0.05) is 6.07 Å². The molecule has 0 radical (unpaired) electrons. The molecule has 1 amide bonds. The van der Waals surface area contributed by atoms with Gasteiger partial charge in [0.25, 0.3) is 5.91 Å². The number of hydrogen-bond acceptors (Lipinski definition) is 3. The fraction of sp³-hybridized carbons (Fsp3) is 0.176. The zero-order valence-electron chi connectivity index (χ0n) is 12.8. The summed E-state index contributed by atoms with van der Waals surface area (Å²) in [5, 5.41) is 2.66. The summed E-state index contributed by atoms with van der Waals surface area (Å²) in [6.45, 7) is 3.81. The van der Waals surface area contributed by atoms with E-state index in [0.29, 0.717) is 22.6 Å². The second-order valence-corrected chi connectivity index (χ2v) is 5.38. The van der Waals surface area contributed by atoms with Crippen LogP contribution in [0, 0.1) is 5.82 Å². The highest BCUT2D eigenvalue weighted by Crippen LogP contribution is 2.21. The molecule has 2 aromatic heterocycles. The number of nitrogens with zero attached hydrogens (tertiary/aromatic N) is 1. The number of rotatable bonds is 4. The smallest absolute Gasteiger partial charge is 0.259 e. The number of aromatic amines is 1. The van der Waals surface area contributed by atoms with Crippen LogP contribution in [0.25, 0.3) is 11.0 Å². The van der Waals surface area contributed by atoms with Gasteiger partial charge in [-0.25, -0.2) is 9.37 Å². The number of anilines is 1. The van der Waals surface area contributed by atoms with E-state index < -0.39 is 5.82 Å². The van der Waals surface area contributed by atoms with Gasteiger partial charge < -0.3 is 15.0 Å². The van der Waals surface area contributed by atoms with Crippen LogP contribution in [0.2, 0.25) is 0 Å². The standard InChI is InChI=1S/C17H16FN3O2/c1-10(2)23-15-7-6-14-16(21-15)13(9-19-14)17(22)20-12-5-3-4-11(18)8-12/h3-10,19H,1-2H3,(H,20,22). The second-order valence-electron chi connectivity index (χ2n) is 5.38. The van der Waals surface area contributed by atoms with Crippen LogP contribution in [-0.2, 0) is 0 Å². The molecule has 0 aliphatic heterocycles. The topological polar surface area (TPSA) is 67.0 Å². The Labute approximate surface area is 132 Å². The van der Waals surface area contributed by atoms with Gasteiger partial charge in [-0.2, -0.15) is 0 Å². The van der Waals surface area contributed by atoms with E-state index in [1.807, 2.05) is 13.8 Å². The molecule has 5 nitrogen and oxygen atoms in total. The van der Waals surface area contributed by atoms with Gasteiger partial charge in [0, 0.05) is 18.0 Å². The Morgan fingerprint density at radius 1 is 1.30 bits per heavy atom. The number of amides is 1. The molecule has 6 heteroatoms. The third-order valence-electron chi connectivity index (χ3n) is 3.18. The van der Waals surface area contributed by atoms with E-state index in [4.69, 9.17) is 4.74 Å². The normalized spacial score (nSPS) is 11.0. The van der Waals surface area contributed by atoms with Crippen LogP contribution in [0.1, 0.15) is 24.2 Å². The number of halogens is 1. The number of fused-ring (bicyclic) bond motifs is 1. The zero-order chi connectivity index (χ0) is 16.4. The van der Waals surface area contributed by atoms with E-state index >= 15 is 0 Å². The maximum absolute atomic E-state index is 13.2. The van der Waals surface area contributed by atoms with Crippen molar-refractivity contribution in [3.63, 3.8) is 0 Å². The lowest BCUT2D eigenvalue weighted by Gasteiger charge is -2.08. The van der Waals surface area contributed by atoms with Crippen LogP contribution < -0.4 is 10.1 Å². The summed E-state index contributed by atoms with van der Waals surface area (Å²) in [5.74, 6) is -0.324. The molecule has 3 aromatic rings. The minimum atomic E-state index is -0.410. The van der Waals surface area contributed by atoms with Gasteiger partial charge in [0.05, 0.1) is 17.2 Å². The van der Waals surface area contributed by atoms with E-state index in [1.54, 1.807) is 24.4 Å². The van der Waals surface area contributed by atoms with Gasteiger partial charge in [-0.3, -0.25) is 4.79 Å². The highest BCUT2D eigenvalue weighted by atomic mass is 19.1. The van der Waals surface area contributed by atoms with Crippen molar-refractivity contribution >= 4 is 22.6 Å². The molecule has 0 bridgehead atoms. The number of aromatic nitrogens is 2. The van der Waals surface area contributed by atoms with Gasteiger partial charge in [0.2, 0.25) is 5.88 Å². The summed E-state index contributed by atoms with van der Waals surface area (Å²) in [6, 6.07) is 9.28. The van der Waals surface area contributed by atoms with E-state index in [9.17, 15) is 9.18 Å². The lowest BCUT2D eigenvalue weighted by Crippen LogP contribution is -2.12. The third-order valence-corrected chi connectivity index (χ3v) is 3.18. The third kappa shape index (κ3) is 3.31. The average molecular weight is 313 g/mol. The molecule has 0 saturated heterocycles. The first-order chi connectivity index (χ1) is 11.0. The monoisotopic (exact) mass is 313 g/mol. The van der Waals surface area contributed by atoms with Crippen molar-refractivity contribution in [2.75, 3.05) is 5.32 Å². The number of ether oxygens (including phenoxy) is 1. The van der Waals surface area contributed by atoms with Crippen LogP contribution in [0.5, 0.6) is 5.88 Å². The Bertz CT molecular complexity index is 858. The molecule has 0 aliphatic carbocycles. The number of carbonyl (C=O) groups is 1. The molecule has 0 fully saturated rings. The second kappa shape index (κ2) is 6.08. The lowest BCUT2D eigenvalue weighted by molar-refractivity contribution is 0.102. The summed E-state index contributed by atoms with van der Waals surface area (Å²) in [6.07, 6.45) is 1.56. The Hall–Kier alpha value is -2.89. The molecule has 2 N–H and O–H groups in total. The summed E-state index contributed by atoms with van der Waals surface area (Å²) in [4.78, 5) is 19.8. The molecule has 1 aromatic carbocycles. The van der Waals surface area contributed by atoms with E-state index in [-0.39, 0.29) is 12.0 Å². The summed E-state index contributed by atoms with van der Waals surface area (Å²) in [7, 11) is 0. The van der Waals surface area contributed by atoms with Gasteiger partial charge in [0.1, 0.15) is 11.3 Å². The first-order valence-electron chi connectivity index (χ1n) is 7.24. The predicted octanol–water partition coefficient (Wildman–Crippen LogP) is 3.74. The SMILES string of the molecule is CC(C)Oc1ccc2[nH]cc(C(=O)Nc3cccc(F)c3)c2n1. The molecule has 118 valence electrons. The van der Waals surface area contributed by atoms with Gasteiger partial charge in [-0.15, -0.1) is 0 Å². The minimum absolute atomic E-state index is 0.0107.